The number of carbonyl (C=O) groups excluding carboxylic acids is 1. The Kier molecular flexibility index (Phi) is 6.30. The molecule has 1 aromatic carbocycles. The van der Waals surface area contributed by atoms with E-state index in [1.807, 2.05) is 17.5 Å². The molecule has 1 aliphatic rings. The fraction of sp³-hybridized carbons (Fsp3) is 0.316. The van der Waals surface area contributed by atoms with E-state index >= 15 is 0 Å². The second-order valence-corrected chi connectivity index (χ2v) is 9.08. The molecule has 8 heteroatoms. The first-order valence-corrected chi connectivity index (χ1v) is 11.0. The number of piperidine rings is 1. The average molecular weight is 407 g/mol. The Morgan fingerprint density at radius 3 is 2.67 bits per heavy atom. The number of carbonyl (C=O) groups is 1. The van der Waals surface area contributed by atoms with Crippen LogP contribution >= 0.6 is 11.3 Å². The van der Waals surface area contributed by atoms with E-state index in [0.29, 0.717) is 24.5 Å². The van der Waals surface area contributed by atoms with Crippen LogP contribution in [0, 0.1) is 0 Å². The molecule has 0 aliphatic carbocycles. The van der Waals surface area contributed by atoms with Crippen molar-refractivity contribution in [1.29, 1.82) is 0 Å². The Balaban J connectivity index is 1.82. The van der Waals surface area contributed by atoms with E-state index in [0.717, 1.165) is 24.1 Å². The van der Waals surface area contributed by atoms with Crippen molar-refractivity contribution in [2.24, 2.45) is 0 Å². The van der Waals surface area contributed by atoms with Crippen molar-refractivity contribution < 1.29 is 17.9 Å². The van der Waals surface area contributed by atoms with Crippen LogP contribution in [0.1, 0.15) is 24.1 Å². The number of hydrogen-bond donors (Lipinski definition) is 1. The van der Waals surface area contributed by atoms with Crippen LogP contribution in [0.4, 0.5) is 5.69 Å². The third kappa shape index (κ3) is 4.77. The molecule has 0 unspecified atom stereocenters. The summed E-state index contributed by atoms with van der Waals surface area (Å²) in [6.07, 6.45) is 5.91. The van der Waals surface area contributed by atoms with Crippen LogP contribution in [0.3, 0.4) is 0 Å². The summed E-state index contributed by atoms with van der Waals surface area (Å²) in [5.41, 5.74) is 0.330. The van der Waals surface area contributed by atoms with Crippen molar-refractivity contribution in [2.45, 2.75) is 24.2 Å². The minimum atomic E-state index is -3.58. The summed E-state index contributed by atoms with van der Waals surface area (Å²) >= 11 is 1.52. The van der Waals surface area contributed by atoms with Crippen molar-refractivity contribution >= 4 is 39.0 Å². The Morgan fingerprint density at radius 2 is 2.00 bits per heavy atom. The van der Waals surface area contributed by atoms with Crippen LogP contribution in [0.25, 0.3) is 6.08 Å². The maximum atomic E-state index is 12.9. The number of nitrogens with zero attached hydrogens (tertiary/aromatic N) is 1. The standard InChI is InChI=1S/C19H22N2O4S2/c1-25-18-9-8-16(27(23,24)21-11-3-2-4-12-21)14-17(18)20-19(22)10-7-15-6-5-13-26-15/h5-10,13-14H,2-4,11-12H2,1H3,(H,20,22). The first-order chi connectivity index (χ1) is 13.0. The van der Waals surface area contributed by atoms with Gasteiger partial charge in [-0.15, -0.1) is 11.3 Å². The normalized spacial score (nSPS) is 15.7. The molecule has 0 bridgehead atoms. The van der Waals surface area contributed by atoms with Gasteiger partial charge >= 0.3 is 0 Å². The third-order valence-corrected chi connectivity index (χ3v) is 7.06. The van der Waals surface area contributed by atoms with Crippen LogP contribution in [-0.4, -0.2) is 38.8 Å². The molecule has 1 fully saturated rings. The van der Waals surface area contributed by atoms with E-state index in [2.05, 4.69) is 5.32 Å². The Labute approximate surface area is 163 Å². The Hall–Kier alpha value is -2.16. The lowest BCUT2D eigenvalue weighted by Crippen LogP contribution is -2.35. The Bertz CT molecular complexity index is 915. The van der Waals surface area contributed by atoms with Crippen LogP contribution in [-0.2, 0) is 14.8 Å². The zero-order chi connectivity index (χ0) is 19.3. The minimum absolute atomic E-state index is 0.155. The summed E-state index contributed by atoms with van der Waals surface area (Å²) in [5.74, 6) is 0.0553. The van der Waals surface area contributed by atoms with E-state index in [4.69, 9.17) is 4.74 Å². The van der Waals surface area contributed by atoms with Gasteiger partial charge in [-0.25, -0.2) is 8.42 Å². The maximum Gasteiger partial charge on any atom is 0.248 e. The van der Waals surface area contributed by atoms with E-state index in [1.54, 1.807) is 12.1 Å². The molecule has 2 heterocycles. The molecule has 1 N–H and O–H groups in total. The highest BCUT2D eigenvalue weighted by Gasteiger charge is 2.26. The number of anilines is 1. The summed E-state index contributed by atoms with van der Waals surface area (Å²) in [6.45, 7) is 1.05. The number of nitrogens with one attached hydrogen (secondary N) is 1. The lowest BCUT2D eigenvalue weighted by atomic mass is 10.2. The molecule has 1 aliphatic heterocycles. The first kappa shape index (κ1) is 19.6. The largest absolute Gasteiger partial charge is 0.495 e. The molecule has 27 heavy (non-hydrogen) atoms. The van der Waals surface area contributed by atoms with Crippen molar-refractivity contribution in [2.75, 3.05) is 25.5 Å². The maximum absolute atomic E-state index is 12.9. The molecular weight excluding hydrogens is 384 g/mol. The number of benzene rings is 1. The van der Waals surface area contributed by atoms with Gasteiger partial charge in [0.1, 0.15) is 5.75 Å². The SMILES string of the molecule is COc1ccc(S(=O)(=O)N2CCCCC2)cc1NC(=O)C=Cc1cccs1. The average Bonchev–Trinajstić information content (AvgIpc) is 3.20. The molecule has 3 rings (SSSR count). The summed E-state index contributed by atoms with van der Waals surface area (Å²) in [5, 5.41) is 4.64. The summed E-state index contributed by atoms with van der Waals surface area (Å²) < 4.78 is 32.5. The van der Waals surface area contributed by atoms with Gasteiger partial charge in [0.15, 0.2) is 0 Å². The molecule has 1 saturated heterocycles. The molecule has 0 radical (unpaired) electrons. The summed E-state index contributed by atoms with van der Waals surface area (Å²) in [7, 11) is -2.11. The van der Waals surface area contributed by atoms with Crippen molar-refractivity contribution in [3.05, 3.63) is 46.7 Å². The van der Waals surface area contributed by atoms with Gasteiger partial charge in [0.05, 0.1) is 17.7 Å². The van der Waals surface area contributed by atoms with Crippen molar-refractivity contribution in [1.82, 2.24) is 4.31 Å². The van der Waals surface area contributed by atoms with Gasteiger partial charge in [0, 0.05) is 24.0 Å². The topological polar surface area (TPSA) is 75.7 Å². The number of ether oxygens (including phenoxy) is 1. The molecule has 0 atom stereocenters. The lowest BCUT2D eigenvalue weighted by Gasteiger charge is -2.26. The Morgan fingerprint density at radius 1 is 1.22 bits per heavy atom. The molecule has 6 nitrogen and oxygen atoms in total. The smallest absolute Gasteiger partial charge is 0.248 e. The predicted octanol–water partition coefficient (Wildman–Crippen LogP) is 3.58. The molecule has 1 aromatic heterocycles. The second kappa shape index (κ2) is 8.69. The minimum Gasteiger partial charge on any atom is -0.495 e. The molecular formula is C19H22N2O4S2. The van der Waals surface area contributed by atoms with E-state index in [9.17, 15) is 13.2 Å². The van der Waals surface area contributed by atoms with Gasteiger partial charge in [0.25, 0.3) is 0 Å². The van der Waals surface area contributed by atoms with Gasteiger partial charge in [-0.1, -0.05) is 12.5 Å². The zero-order valence-corrected chi connectivity index (χ0v) is 16.7. The zero-order valence-electron chi connectivity index (χ0n) is 15.1. The van der Waals surface area contributed by atoms with Crippen LogP contribution in [0.15, 0.2) is 46.7 Å². The number of amides is 1. The van der Waals surface area contributed by atoms with Gasteiger partial charge in [-0.3, -0.25) is 4.79 Å². The highest BCUT2D eigenvalue weighted by atomic mass is 32.2. The van der Waals surface area contributed by atoms with Crippen LogP contribution in [0.5, 0.6) is 5.75 Å². The van der Waals surface area contributed by atoms with E-state index in [1.165, 1.54) is 41.0 Å². The highest BCUT2D eigenvalue weighted by molar-refractivity contribution is 7.89. The quantitative estimate of drug-likeness (QED) is 0.744. The fourth-order valence-electron chi connectivity index (χ4n) is 2.92. The monoisotopic (exact) mass is 406 g/mol. The predicted molar refractivity (Wildman–Crippen MR) is 108 cm³/mol. The summed E-state index contributed by atoms with van der Waals surface area (Å²) in [4.78, 5) is 13.3. The van der Waals surface area contributed by atoms with Gasteiger partial charge in [-0.05, 0) is 48.6 Å². The number of methoxy groups -OCH3 is 1. The molecule has 0 spiro atoms. The number of thiophene rings is 1. The van der Waals surface area contributed by atoms with Gasteiger partial charge in [-0.2, -0.15) is 4.31 Å². The van der Waals surface area contributed by atoms with Gasteiger partial charge < -0.3 is 10.1 Å². The second-order valence-electron chi connectivity index (χ2n) is 6.16. The van der Waals surface area contributed by atoms with Crippen molar-refractivity contribution in [3.8, 4) is 5.75 Å². The number of rotatable bonds is 6. The molecule has 144 valence electrons. The molecule has 1 amide bonds. The van der Waals surface area contributed by atoms with Crippen LogP contribution < -0.4 is 10.1 Å². The first-order valence-electron chi connectivity index (χ1n) is 8.71. The van der Waals surface area contributed by atoms with E-state index in [-0.39, 0.29) is 10.8 Å². The fourth-order valence-corrected chi connectivity index (χ4v) is 5.08. The lowest BCUT2D eigenvalue weighted by molar-refractivity contribution is -0.111. The highest BCUT2D eigenvalue weighted by Crippen LogP contribution is 2.30. The third-order valence-electron chi connectivity index (χ3n) is 4.32. The van der Waals surface area contributed by atoms with E-state index < -0.39 is 10.0 Å². The molecule has 2 aromatic rings. The number of sulfonamides is 1. The molecule has 0 saturated carbocycles. The van der Waals surface area contributed by atoms with Gasteiger partial charge in [0.2, 0.25) is 15.9 Å². The number of hydrogen-bond acceptors (Lipinski definition) is 5. The van der Waals surface area contributed by atoms with Crippen molar-refractivity contribution in [3.63, 3.8) is 0 Å². The van der Waals surface area contributed by atoms with Crippen LogP contribution in [0.2, 0.25) is 0 Å². The summed E-state index contributed by atoms with van der Waals surface area (Å²) in [6, 6.07) is 8.34.